The van der Waals surface area contributed by atoms with Crippen LogP contribution in [-0.2, 0) is 0 Å². The first-order valence-electron chi connectivity index (χ1n) is 6.93. The van der Waals surface area contributed by atoms with E-state index in [0.717, 1.165) is 6.04 Å². The van der Waals surface area contributed by atoms with E-state index in [-0.39, 0.29) is 0 Å². The fraction of sp³-hybridized carbons (Fsp3) is 1.00. The van der Waals surface area contributed by atoms with Gasteiger partial charge < -0.3 is 4.90 Å². The minimum Gasteiger partial charge on any atom is -0.303 e. The van der Waals surface area contributed by atoms with Crippen LogP contribution in [0.25, 0.3) is 0 Å². The van der Waals surface area contributed by atoms with E-state index in [1.807, 2.05) is 0 Å². The summed E-state index contributed by atoms with van der Waals surface area (Å²) in [4.78, 5) is 2.62. The molecule has 0 amide bonds. The van der Waals surface area contributed by atoms with Gasteiger partial charge >= 0.3 is 0 Å². The van der Waals surface area contributed by atoms with Gasteiger partial charge in [-0.25, -0.2) is 0 Å². The molecule has 0 aliphatic heterocycles. The van der Waals surface area contributed by atoms with Crippen molar-refractivity contribution in [1.82, 2.24) is 4.90 Å². The van der Waals surface area contributed by atoms with Crippen LogP contribution in [0.2, 0.25) is 0 Å². The molecule has 1 aliphatic carbocycles. The van der Waals surface area contributed by atoms with Crippen LogP contribution >= 0.6 is 15.9 Å². The largest absolute Gasteiger partial charge is 0.303 e. The molecule has 0 heterocycles. The summed E-state index contributed by atoms with van der Waals surface area (Å²) in [7, 11) is 2.33. The van der Waals surface area contributed by atoms with Gasteiger partial charge in [-0.3, -0.25) is 0 Å². The quantitative estimate of drug-likeness (QED) is 0.597. The third kappa shape index (κ3) is 3.73. The highest BCUT2D eigenvalue weighted by atomic mass is 79.9. The van der Waals surface area contributed by atoms with E-state index in [9.17, 15) is 0 Å². The first-order valence-corrected chi connectivity index (χ1v) is 8.06. The molecule has 16 heavy (non-hydrogen) atoms. The topological polar surface area (TPSA) is 3.24 Å². The van der Waals surface area contributed by atoms with Crippen LogP contribution in [0, 0.1) is 5.41 Å². The van der Waals surface area contributed by atoms with Crippen molar-refractivity contribution in [3.63, 3.8) is 0 Å². The number of rotatable bonds is 8. The minimum atomic E-state index is 0.522. The highest BCUT2D eigenvalue weighted by molar-refractivity contribution is 9.09. The van der Waals surface area contributed by atoms with Gasteiger partial charge in [-0.2, -0.15) is 0 Å². The number of hydrogen-bond acceptors (Lipinski definition) is 1. The van der Waals surface area contributed by atoms with E-state index < -0.39 is 0 Å². The molecule has 0 unspecified atom stereocenters. The van der Waals surface area contributed by atoms with Crippen LogP contribution in [0.1, 0.15) is 58.8 Å². The average Bonchev–Trinajstić information content (AvgIpc) is 2.15. The average molecular weight is 290 g/mol. The number of hydrogen-bond donors (Lipinski definition) is 0. The van der Waals surface area contributed by atoms with Gasteiger partial charge in [0.2, 0.25) is 0 Å². The Labute approximate surface area is 110 Å². The molecule has 1 fully saturated rings. The smallest absolute Gasteiger partial charge is 0.0100 e. The molecule has 2 heteroatoms. The number of alkyl halides is 1. The molecular formula is C14H28BrN. The van der Waals surface area contributed by atoms with Crippen molar-refractivity contribution >= 4 is 15.9 Å². The second-order valence-electron chi connectivity index (χ2n) is 5.63. The molecule has 1 saturated carbocycles. The second kappa shape index (κ2) is 7.00. The monoisotopic (exact) mass is 289 g/mol. The molecule has 96 valence electrons. The maximum Gasteiger partial charge on any atom is 0.0100 e. The fourth-order valence-electron chi connectivity index (χ4n) is 3.01. The predicted octanol–water partition coefficient (Wildman–Crippen LogP) is 4.45. The molecule has 1 aliphatic rings. The zero-order valence-electron chi connectivity index (χ0n) is 11.3. The lowest BCUT2D eigenvalue weighted by molar-refractivity contribution is 0.0931. The lowest BCUT2D eigenvalue weighted by atomic mass is 9.79. The predicted molar refractivity (Wildman–Crippen MR) is 76.3 cm³/mol. The highest BCUT2D eigenvalue weighted by Gasteiger charge is 2.32. The Morgan fingerprint density at radius 1 is 1.19 bits per heavy atom. The van der Waals surface area contributed by atoms with Gasteiger partial charge in [0.1, 0.15) is 0 Å². The van der Waals surface area contributed by atoms with Crippen molar-refractivity contribution in [2.45, 2.75) is 64.8 Å². The summed E-state index contributed by atoms with van der Waals surface area (Å²) in [5, 5.41) is 1.17. The number of halogens is 1. The summed E-state index contributed by atoms with van der Waals surface area (Å²) in [5.41, 5.74) is 0.522. The Balaban J connectivity index is 2.52. The summed E-state index contributed by atoms with van der Waals surface area (Å²) in [6.45, 7) is 5.91. The van der Waals surface area contributed by atoms with E-state index in [0.29, 0.717) is 5.41 Å². The van der Waals surface area contributed by atoms with Crippen LogP contribution in [0.4, 0.5) is 0 Å². The van der Waals surface area contributed by atoms with E-state index in [1.54, 1.807) is 0 Å². The molecular weight excluding hydrogens is 262 g/mol. The molecule has 0 spiro atoms. The van der Waals surface area contributed by atoms with Gasteiger partial charge in [0.15, 0.2) is 0 Å². The zero-order valence-corrected chi connectivity index (χ0v) is 12.9. The Morgan fingerprint density at radius 2 is 1.75 bits per heavy atom. The van der Waals surface area contributed by atoms with E-state index in [4.69, 9.17) is 0 Å². The van der Waals surface area contributed by atoms with Crippen LogP contribution in [0.5, 0.6) is 0 Å². The Bertz CT molecular complexity index is 183. The van der Waals surface area contributed by atoms with Crippen molar-refractivity contribution in [3.05, 3.63) is 0 Å². The summed E-state index contributed by atoms with van der Waals surface area (Å²) in [5.74, 6) is 0. The molecule has 0 N–H and O–H groups in total. The third-order valence-corrected chi connectivity index (χ3v) is 5.32. The maximum atomic E-state index is 3.77. The molecule has 0 saturated heterocycles. The Hall–Kier alpha value is 0.440. The first-order chi connectivity index (χ1) is 7.67. The molecule has 0 aromatic carbocycles. The third-order valence-electron chi connectivity index (χ3n) is 4.13. The van der Waals surface area contributed by atoms with Gasteiger partial charge in [-0.05, 0) is 38.1 Å². The standard InChI is InChI=1S/C14H28BrN/c1-4-9-14(11-15,10-5-2)12-16(3)13-7-6-8-13/h13H,4-12H2,1-3H3. The summed E-state index contributed by atoms with van der Waals surface area (Å²) >= 11 is 3.77. The highest BCUT2D eigenvalue weighted by Crippen LogP contribution is 2.35. The lowest BCUT2D eigenvalue weighted by Gasteiger charge is -2.42. The zero-order chi connectivity index (χ0) is 12.0. The van der Waals surface area contributed by atoms with E-state index >= 15 is 0 Å². The van der Waals surface area contributed by atoms with Gasteiger partial charge in [-0.1, -0.05) is 49.0 Å². The minimum absolute atomic E-state index is 0.522. The molecule has 1 nitrogen and oxygen atoms in total. The van der Waals surface area contributed by atoms with Crippen molar-refractivity contribution in [2.24, 2.45) is 5.41 Å². The lowest BCUT2D eigenvalue weighted by Crippen LogP contribution is -2.45. The van der Waals surface area contributed by atoms with Crippen LogP contribution in [0.15, 0.2) is 0 Å². The summed E-state index contributed by atoms with van der Waals surface area (Å²) < 4.78 is 0. The van der Waals surface area contributed by atoms with Gasteiger partial charge in [-0.15, -0.1) is 0 Å². The van der Waals surface area contributed by atoms with Crippen LogP contribution in [-0.4, -0.2) is 29.9 Å². The number of nitrogens with zero attached hydrogens (tertiary/aromatic N) is 1. The molecule has 0 bridgehead atoms. The summed E-state index contributed by atoms with van der Waals surface area (Å²) in [6.07, 6.45) is 9.64. The van der Waals surface area contributed by atoms with Gasteiger partial charge in [0.05, 0.1) is 0 Å². The van der Waals surface area contributed by atoms with Crippen molar-refractivity contribution in [1.29, 1.82) is 0 Å². The van der Waals surface area contributed by atoms with Crippen molar-refractivity contribution < 1.29 is 0 Å². The summed E-state index contributed by atoms with van der Waals surface area (Å²) in [6, 6.07) is 0.882. The van der Waals surface area contributed by atoms with Crippen LogP contribution < -0.4 is 0 Å². The van der Waals surface area contributed by atoms with E-state index in [2.05, 4.69) is 41.7 Å². The molecule has 0 aromatic heterocycles. The Kier molecular flexibility index (Phi) is 6.35. The van der Waals surface area contributed by atoms with Crippen LogP contribution in [0.3, 0.4) is 0 Å². The van der Waals surface area contributed by atoms with E-state index in [1.165, 1.54) is 56.8 Å². The normalized spacial score (nSPS) is 17.8. The van der Waals surface area contributed by atoms with Gasteiger partial charge in [0, 0.05) is 17.9 Å². The Morgan fingerprint density at radius 3 is 2.06 bits per heavy atom. The second-order valence-corrected chi connectivity index (χ2v) is 6.19. The van der Waals surface area contributed by atoms with Crippen molar-refractivity contribution in [2.75, 3.05) is 18.9 Å². The fourth-order valence-corrected chi connectivity index (χ4v) is 3.74. The first kappa shape index (κ1) is 14.5. The molecule has 0 atom stereocenters. The maximum absolute atomic E-state index is 3.77. The SMILES string of the molecule is CCCC(CBr)(CCC)CN(C)C1CCC1. The molecule has 0 radical (unpaired) electrons. The molecule has 1 rings (SSSR count). The van der Waals surface area contributed by atoms with Gasteiger partial charge in [0.25, 0.3) is 0 Å². The van der Waals surface area contributed by atoms with Crippen molar-refractivity contribution in [3.8, 4) is 0 Å². The molecule has 0 aromatic rings.